The summed E-state index contributed by atoms with van der Waals surface area (Å²) in [5, 5.41) is 0. The quantitative estimate of drug-likeness (QED) is 0.337. The molecule has 2 aromatic carbocycles. The van der Waals surface area contributed by atoms with Crippen molar-refractivity contribution in [1.29, 1.82) is 0 Å². The molecular weight excluding hydrogens is 424 g/mol. The van der Waals surface area contributed by atoms with Crippen LogP contribution in [0.1, 0.15) is 74.9 Å². The number of epoxide rings is 2. The van der Waals surface area contributed by atoms with Crippen LogP contribution in [0.4, 0.5) is 0 Å². The Bertz CT molecular complexity index is 844. The minimum atomic E-state index is 0.108. The van der Waals surface area contributed by atoms with Gasteiger partial charge in [0.05, 0.1) is 13.2 Å². The molecule has 0 radical (unpaired) electrons. The molecule has 4 atom stereocenters. The largest absolute Gasteiger partial charge is 0.487 e. The molecule has 2 aromatic rings. The number of benzene rings is 2. The van der Waals surface area contributed by atoms with Crippen molar-refractivity contribution in [3.05, 3.63) is 57.6 Å². The van der Waals surface area contributed by atoms with Crippen molar-refractivity contribution in [2.24, 2.45) is 0 Å². The van der Waals surface area contributed by atoms with Crippen molar-refractivity contribution in [3.63, 3.8) is 0 Å². The zero-order valence-corrected chi connectivity index (χ0v) is 21.9. The minimum absolute atomic E-state index is 0.108. The maximum Gasteiger partial charge on any atom is 0.126 e. The van der Waals surface area contributed by atoms with E-state index in [0.717, 1.165) is 63.2 Å². The molecule has 0 amide bonds. The van der Waals surface area contributed by atoms with E-state index in [0.29, 0.717) is 0 Å². The van der Waals surface area contributed by atoms with E-state index in [2.05, 4.69) is 65.8 Å². The van der Waals surface area contributed by atoms with E-state index in [4.69, 9.17) is 18.9 Å². The lowest BCUT2D eigenvalue weighted by Gasteiger charge is -2.21. The average molecular weight is 467 g/mol. The number of aryl methyl sites for hydroxylation is 6. The molecule has 4 rings (SSSR count). The zero-order valence-electron chi connectivity index (χ0n) is 21.9. The molecule has 0 spiro atoms. The fourth-order valence-corrected chi connectivity index (χ4v) is 4.76. The van der Waals surface area contributed by atoms with Crippen LogP contribution in [0.15, 0.2) is 24.3 Å². The third-order valence-electron chi connectivity index (χ3n) is 7.20. The summed E-state index contributed by atoms with van der Waals surface area (Å²) in [4.78, 5) is 0. The first kappa shape index (κ1) is 25.1. The van der Waals surface area contributed by atoms with Gasteiger partial charge in [-0.2, -0.15) is 0 Å². The number of hydrogen-bond acceptors (Lipinski definition) is 4. The highest BCUT2D eigenvalue weighted by Gasteiger charge is 2.32. The summed E-state index contributed by atoms with van der Waals surface area (Å²) in [7, 11) is 0. The van der Waals surface area contributed by atoms with Crippen LogP contribution in [0.3, 0.4) is 0 Å². The van der Waals surface area contributed by atoms with Crippen molar-refractivity contribution in [2.45, 2.75) is 104 Å². The Hall–Kier alpha value is -2.04. The van der Waals surface area contributed by atoms with Crippen molar-refractivity contribution in [2.75, 3.05) is 13.2 Å². The molecule has 4 nitrogen and oxygen atoms in total. The predicted octanol–water partition coefficient (Wildman–Crippen LogP) is 6.05. The second kappa shape index (κ2) is 11.1. The molecule has 2 fully saturated rings. The first-order valence-electron chi connectivity index (χ1n) is 13.3. The van der Waals surface area contributed by atoms with E-state index < -0.39 is 0 Å². The third-order valence-corrected chi connectivity index (χ3v) is 7.20. The standard InChI is InChI=1S/C30H42O4/c1-7-23-13-21(14-24(8-2)29(23)33-19(5)27-17-31-27)11-12-22-15-25(9-3)30(26(10-4)16-22)34-20(6)28-18-32-28/h13-16,19-20,27-28H,7-12,17-18H2,1-6H3. The molecule has 0 aliphatic carbocycles. The molecule has 2 aliphatic heterocycles. The number of hydrogen-bond donors (Lipinski definition) is 0. The van der Waals surface area contributed by atoms with Crippen LogP contribution in [0, 0.1) is 0 Å². The highest BCUT2D eigenvalue weighted by Crippen LogP contribution is 2.33. The molecule has 2 saturated heterocycles. The summed E-state index contributed by atoms with van der Waals surface area (Å²) < 4.78 is 23.6. The summed E-state index contributed by atoms with van der Waals surface area (Å²) in [5.41, 5.74) is 8.03. The lowest BCUT2D eigenvalue weighted by Crippen LogP contribution is -2.20. The highest BCUT2D eigenvalue weighted by molar-refractivity contribution is 5.47. The molecule has 0 saturated carbocycles. The Morgan fingerprint density at radius 1 is 0.647 bits per heavy atom. The van der Waals surface area contributed by atoms with Gasteiger partial charge in [0.25, 0.3) is 0 Å². The van der Waals surface area contributed by atoms with Gasteiger partial charge in [-0.05, 0) is 85.8 Å². The summed E-state index contributed by atoms with van der Waals surface area (Å²) in [5.74, 6) is 2.15. The lowest BCUT2D eigenvalue weighted by atomic mass is 9.94. The maximum absolute atomic E-state index is 6.38. The van der Waals surface area contributed by atoms with Gasteiger partial charge in [0.2, 0.25) is 0 Å². The average Bonchev–Trinajstić information content (AvgIpc) is 3.75. The molecule has 34 heavy (non-hydrogen) atoms. The molecule has 0 N–H and O–H groups in total. The Balaban J connectivity index is 1.51. The summed E-state index contributed by atoms with van der Waals surface area (Å²) in [6, 6.07) is 9.41. The Kier molecular flexibility index (Phi) is 8.21. The van der Waals surface area contributed by atoms with Crippen molar-refractivity contribution < 1.29 is 18.9 Å². The van der Waals surface area contributed by atoms with E-state index in [9.17, 15) is 0 Å². The van der Waals surface area contributed by atoms with E-state index in [1.54, 1.807) is 0 Å². The van der Waals surface area contributed by atoms with E-state index in [-0.39, 0.29) is 24.4 Å². The number of rotatable bonds is 13. The van der Waals surface area contributed by atoms with Gasteiger partial charge < -0.3 is 18.9 Å². The van der Waals surface area contributed by atoms with Gasteiger partial charge in [0.1, 0.15) is 35.9 Å². The van der Waals surface area contributed by atoms with Crippen LogP contribution in [0.2, 0.25) is 0 Å². The minimum Gasteiger partial charge on any atom is -0.487 e. The molecular formula is C30H42O4. The summed E-state index contributed by atoms with van der Waals surface area (Å²) >= 11 is 0. The fourth-order valence-electron chi connectivity index (χ4n) is 4.76. The zero-order chi connectivity index (χ0) is 24.2. The topological polar surface area (TPSA) is 43.5 Å². The van der Waals surface area contributed by atoms with Crippen LogP contribution >= 0.6 is 0 Å². The van der Waals surface area contributed by atoms with E-state index in [1.165, 1.54) is 33.4 Å². The monoisotopic (exact) mass is 466 g/mol. The van der Waals surface area contributed by atoms with Crippen molar-refractivity contribution in [3.8, 4) is 11.5 Å². The van der Waals surface area contributed by atoms with Crippen LogP contribution in [0.25, 0.3) is 0 Å². The lowest BCUT2D eigenvalue weighted by molar-refractivity contribution is 0.173. The van der Waals surface area contributed by atoms with Crippen LogP contribution in [0.5, 0.6) is 11.5 Å². The highest BCUT2D eigenvalue weighted by atomic mass is 16.6. The molecule has 4 heteroatoms. The van der Waals surface area contributed by atoms with Crippen molar-refractivity contribution >= 4 is 0 Å². The van der Waals surface area contributed by atoms with Gasteiger partial charge in [-0.1, -0.05) is 52.0 Å². The maximum atomic E-state index is 6.38. The first-order chi connectivity index (χ1) is 16.5. The van der Waals surface area contributed by atoms with Gasteiger partial charge in [-0.15, -0.1) is 0 Å². The van der Waals surface area contributed by atoms with Crippen LogP contribution < -0.4 is 9.47 Å². The Morgan fingerprint density at radius 3 is 1.18 bits per heavy atom. The summed E-state index contributed by atoms with van der Waals surface area (Å²) in [6.07, 6.45) is 6.68. The normalized spacial score (nSPS) is 20.6. The fraction of sp³-hybridized carbons (Fsp3) is 0.600. The number of ether oxygens (including phenoxy) is 4. The summed E-state index contributed by atoms with van der Waals surface area (Å²) in [6.45, 7) is 14.7. The Morgan fingerprint density at radius 2 is 0.941 bits per heavy atom. The van der Waals surface area contributed by atoms with Gasteiger partial charge in [0.15, 0.2) is 0 Å². The van der Waals surface area contributed by atoms with Gasteiger partial charge in [-0.3, -0.25) is 0 Å². The van der Waals surface area contributed by atoms with Crippen LogP contribution in [-0.2, 0) is 48.0 Å². The second-order valence-electron chi connectivity index (χ2n) is 9.79. The van der Waals surface area contributed by atoms with Crippen LogP contribution in [-0.4, -0.2) is 37.6 Å². The molecule has 4 unspecified atom stereocenters. The van der Waals surface area contributed by atoms with Gasteiger partial charge in [0, 0.05) is 0 Å². The van der Waals surface area contributed by atoms with Gasteiger partial charge in [-0.25, -0.2) is 0 Å². The van der Waals surface area contributed by atoms with Gasteiger partial charge >= 0.3 is 0 Å². The van der Waals surface area contributed by atoms with E-state index >= 15 is 0 Å². The first-order valence-corrected chi connectivity index (χ1v) is 13.3. The molecule has 186 valence electrons. The Labute approximate surface area is 205 Å². The molecule has 0 bridgehead atoms. The predicted molar refractivity (Wildman–Crippen MR) is 137 cm³/mol. The SMILES string of the molecule is CCc1cc(CCc2cc(CC)c(OC(C)C3CO3)c(CC)c2)cc(CC)c1OC(C)C1CO1. The molecule has 2 aliphatic rings. The molecule has 2 heterocycles. The smallest absolute Gasteiger partial charge is 0.126 e. The third kappa shape index (κ3) is 5.95. The second-order valence-corrected chi connectivity index (χ2v) is 9.79. The van der Waals surface area contributed by atoms with E-state index in [1.807, 2.05) is 0 Å². The van der Waals surface area contributed by atoms with Crippen molar-refractivity contribution in [1.82, 2.24) is 0 Å². The molecule has 0 aromatic heterocycles.